The maximum absolute atomic E-state index is 10.8. The lowest BCUT2D eigenvalue weighted by molar-refractivity contribution is -0.138. The fourth-order valence-electron chi connectivity index (χ4n) is 1.81. The zero-order valence-corrected chi connectivity index (χ0v) is 8.99. The van der Waals surface area contributed by atoms with Crippen LogP contribution in [0.4, 0.5) is 0 Å². The van der Waals surface area contributed by atoms with Gasteiger partial charge in [0, 0.05) is 10.9 Å². The van der Waals surface area contributed by atoms with Gasteiger partial charge in [-0.2, -0.15) is 0 Å². The van der Waals surface area contributed by atoms with Crippen LogP contribution in [0, 0.1) is 5.92 Å². The number of methoxy groups -OCH3 is 1. The summed E-state index contributed by atoms with van der Waals surface area (Å²) in [5.41, 5.74) is 0.900. The molecule has 0 aromatic heterocycles. The van der Waals surface area contributed by atoms with Gasteiger partial charge < -0.3 is 9.84 Å². The average molecular weight is 227 g/mol. The molecular formula is C11H11ClO3. The Morgan fingerprint density at radius 2 is 2.33 bits per heavy atom. The molecule has 0 amide bonds. The molecule has 0 aliphatic heterocycles. The molecule has 0 radical (unpaired) electrons. The van der Waals surface area contributed by atoms with E-state index in [2.05, 4.69) is 0 Å². The van der Waals surface area contributed by atoms with E-state index in [1.165, 1.54) is 0 Å². The molecule has 0 spiro atoms. The molecule has 80 valence electrons. The van der Waals surface area contributed by atoms with E-state index in [0.29, 0.717) is 17.2 Å². The highest BCUT2D eigenvalue weighted by Crippen LogP contribution is 2.50. The molecule has 15 heavy (non-hydrogen) atoms. The molecule has 1 aliphatic rings. The van der Waals surface area contributed by atoms with Crippen molar-refractivity contribution in [2.24, 2.45) is 5.92 Å². The number of hydrogen-bond donors (Lipinski definition) is 1. The van der Waals surface area contributed by atoms with Crippen LogP contribution in [-0.4, -0.2) is 18.2 Å². The third-order valence-electron chi connectivity index (χ3n) is 2.70. The third kappa shape index (κ3) is 1.92. The van der Waals surface area contributed by atoms with Gasteiger partial charge in [-0.25, -0.2) is 0 Å². The number of halogens is 1. The van der Waals surface area contributed by atoms with Gasteiger partial charge in [0.25, 0.3) is 0 Å². The zero-order chi connectivity index (χ0) is 11.0. The topological polar surface area (TPSA) is 46.5 Å². The highest BCUT2D eigenvalue weighted by atomic mass is 35.5. The fraction of sp³-hybridized carbons (Fsp3) is 0.364. The predicted octanol–water partition coefficient (Wildman–Crippen LogP) is 2.54. The number of aliphatic carboxylic acids is 1. The van der Waals surface area contributed by atoms with E-state index in [1.807, 2.05) is 0 Å². The van der Waals surface area contributed by atoms with Gasteiger partial charge in [-0.3, -0.25) is 4.79 Å². The smallest absolute Gasteiger partial charge is 0.307 e. The summed E-state index contributed by atoms with van der Waals surface area (Å²) in [5.74, 6) is -0.260. The Morgan fingerprint density at radius 1 is 1.60 bits per heavy atom. The van der Waals surface area contributed by atoms with Crippen LogP contribution in [0.2, 0.25) is 5.02 Å². The molecule has 0 bridgehead atoms. The Balaban J connectivity index is 2.28. The molecule has 1 N–H and O–H groups in total. The fourth-order valence-corrected chi connectivity index (χ4v) is 1.99. The van der Waals surface area contributed by atoms with Gasteiger partial charge in [0.1, 0.15) is 5.75 Å². The molecular weight excluding hydrogens is 216 g/mol. The van der Waals surface area contributed by atoms with Crippen LogP contribution in [0.25, 0.3) is 0 Å². The number of hydrogen-bond acceptors (Lipinski definition) is 2. The van der Waals surface area contributed by atoms with E-state index in [-0.39, 0.29) is 11.8 Å². The third-order valence-corrected chi connectivity index (χ3v) is 2.93. The van der Waals surface area contributed by atoms with Crippen LogP contribution in [-0.2, 0) is 4.79 Å². The second-order valence-corrected chi connectivity index (χ2v) is 4.11. The van der Waals surface area contributed by atoms with Gasteiger partial charge in [0.15, 0.2) is 0 Å². The molecule has 2 atom stereocenters. The monoisotopic (exact) mass is 226 g/mol. The molecule has 0 saturated heterocycles. The van der Waals surface area contributed by atoms with E-state index in [1.54, 1.807) is 25.3 Å². The van der Waals surface area contributed by atoms with Crippen molar-refractivity contribution in [3.05, 3.63) is 28.8 Å². The number of carbonyl (C=O) groups is 1. The summed E-state index contributed by atoms with van der Waals surface area (Å²) in [6.45, 7) is 0. The minimum Gasteiger partial charge on any atom is -0.496 e. The standard InChI is InChI=1S/C11H11ClO3/c1-15-10-3-2-6(12)4-8(10)7-5-9(7)11(13)14/h2-4,7,9H,5H2,1H3,(H,13,14)/t7-,9+/m1/s1. The molecule has 1 fully saturated rings. The van der Waals surface area contributed by atoms with Gasteiger partial charge in [0.2, 0.25) is 0 Å². The second-order valence-electron chi connectivity index (χ2n) is 3.67. The Labute approximate surface area is 92.6 Å². The van der Waals surface area contributed by atoms with Crippen LogP contribution < -0.4 is 4.74 Å². The van der Waals surface area contributed by atoms with Crippen molar-refractivity contribution < 1.29 is 14.6 Å². The molecule has 4 heteroatoms. The molecule has 2 rings (SSSR count). The van der Waals surface area contributed by atoms with Crippen molar-refractivity contribution in [1.82, 2.24) is 0 Å². The average Bonchev–Trinajstić information content (AvgIpc) is 2.97. The Bertz CT molecular complexity index is 403. The largest absolute Gasteiger partial charge is 0.496 e. The maximum Gasteiger partial charge on any atom is 0.307 e. The number of benzene rings is 1. The van der Waals surface area contributed by atoms with Crippen LogP contribution in [0.5, 0.6) is 5.75 Å². The Hall–Kier alpha value is -1.22. The minimum atomic E-state index is -0.748. The maximum atomic E-state index is 10.8. The first kappa shape index (κ1) is 10.3. The van der Waals surface area contributed by atoms with Crippen molar-refractivity contribution in [3.8, 4) is 5.75 Å². The lowest BCUT2D eigenvalue weighted by Crippen LogP contribution is -2.00. The van der Waals surface area contributed by atoms with Crippen LogP contribution in [0.3, 0.4) is 0 Å². The van der Waals surface area contributed by atoms with Gasteiger partial charge in [-0.05, 0) is 30.2 Å². The van der Waals surface area contributed by atoms with E-state index < -0.39 is 5.97 Å². The van der Waals surface area contributed by atoms with Crippen molar-refractivity contribution in [2.45, 2.75) is 12.3 Å². The zero-order valence-electron chi connectivity index (χ0n) is 8.24. The molecule has 1 saturated carbocycles. The second kappa shape index (κ2) is 3.74. The van der Waals surface area contributed by atoms with Gasteiger partial charge in [-0.1, -0.05) is 11.6 Å². The number of rotatable bonds is 3. The number of ether oxygens (including phenoxy) is 1. The highest BCUT2D eigenvalue weighted by Gasteiger charge is 2.45. The Kier molecular flexibility index (Phi) is 2.57. The van der Waals surface area contributed by atoms with E-state index in [0.717, 1.165) is 5.56 Å². The normalized spacial score (nSPS) is 23.6. The molecule has 1 aromatic rings. The first-order valence-electron chi connectivity index (χ1n) is 4.69. The number of carboxylic acids is 1. The molecule has 0 heterocycles. The minimum absolute atomic E-state index is 0.0520. The first-order chi connectivity index (χ1) is 7.13. The lowest BCUT2D eigenvalue weighted by atomic mass is 10.1. The first-order valence-corrected chi connectivity index (χ1v) is 5.07. The summed E-state index contributed by atoms with van der Waals surface area (Å²) in [6.07, 6.45) is 0.673. The molecule has 1 aromatic carbocycles. The summed E-state index contributed by atoms with van der Waals surface area (Å²) >= 11 is 5.87. The van der Waals surface area contributed by atoms with Gasteiger partial charge in [0.05, 0.1) is 13.0 Å². The van der Waals surface area contributed by atoms with Crippen LogP contribution in [0.15, 0.2) is 18.2 Å². The van der Waals surface area contributed by atoms with Crippen LogP contribution >= 0.6 is 11.6 Å². The predicted molar refractivity (Wildman–Crippen MR) is 56.5 cm³/mol. The van der Waals surface area contributed by atoms with Crippen molar-refractivity contribution in [3.63, 3.8) is 0 Å². The molecule has 0 unspecified atom stereocenters. The van der Waals surface area contributed by atoms with Crippen molar-refractivity contribution in [1.29, 1.82) is 0 Å². The number of carboxylic acid groups (broad SMARTS) is 1. The lowest BCUT2D eigenvalue weighted by Gasteiger charge is -2.07. The summed E-state index contributed by atoms with van der Waals surface area (Å²) in [5, 5.41) is 9.46. The molecule has 1 aliphatic carbocycles. The van der Waals surface area contributed by atoms with E-state index >= 15 is 0 Å². The van der Waals surface area contributed by atoms with E-state index in [4.69, 9.17) is 21.4 Å². The Morgan fingerprint density at radius 3 is 2.87 bits per heavy atom. The van der Waals surface area contributed by atoms with Crippen molar-refractivity contribution >= 4 is 17.6 Å². The van der Waals surface area contributed by atoms with E-state index in [9.17, 15) is 4.79 Å². The summed E-state index contributed by atoms with van der Waals surface area (Å²) in [4.78, 5) is 10.8. The summed E-state index contributed by atoms with van der Waals surface area (Å²) < 4.78 is 5.18. The molecule has 3 nitrogen and oxygen atoms in total. The summed E-state index contributed by atoms with van der Waals surface area (Å²) in [7, 11) is 1.57. The SMILES string of the molecule is COc1ccc(Cl)cc1[C@H]1C[C@@H]1C(=O)O. The van der Waals surface area contributed by atoms with Gasteiger partial charge >= 0.3 is 5.97 Å². The highest BCUT2D eigenvalue weighted by molar-refractivity contribution is 6.30. The van der Waals surface area contributed by atoms with Crippen molar-refractivity contribution in [2.75, 3.05) is 7.11 Å². The summed E-state index contributed by atoms with van der Waals surface area (Å²) in [6, 6.07) is 5.30. The van der Waals surface area contributed by atoms with Gasteiger partial charge in [-0.15, -0.1) is 0 Å². The van der Waals surface area contributed by atoms with Crippen LogP contribution in [0.1, 0.15) is 17.9 Å². The quantitative estimate of drug-likeness (QED) is 0.862.